The molecule has 1 aromatic carbocycles. The van der Waals surface area contributed by atoms with E-state index >= 15 is 0 Å². The molecular formula is C13H9F2N7O2. The van der Waals surface area contributed by atoms with E-state index in [1.54, 1.807) is 6.07 Å². The summed E-state index contributed by atoms with van der Waals surface area (Å²) in [6, 6.07) is 3.20. The summed E-state index contributed by atoms with van der Waals surface area (Å²) >= 11 is 0. The summed E-state index contributed by atoms with van der Waals surface area (Å²) in [5, 5.41) is 19.8. The van der Waals surface area contributed by atoms with Crippen LogP contribution in [-0.4, -0.2) is 41.3 Å². The van der Waals surface area contributed by atoms with Crippen molar-refractivity contribution in [2.24, 2.45) is 0 Å². The van der Waals surface area contributed by atoms with Crippen molar-refractivity contribution in [1.29, 1.82) is 0 Å². The van der Waals surface area contributed by atoms with Crippen LogP contribution >= 0.6 is 0 Å². The van der Waals surface area contributed by atoms with Crippen LogP contribution in [0.15, 0.2) is 30.6 Å². The normalized spacial score (nSPS) is 10.6. The number of benzene rings is 1. The van der Waals surface area contributed by atoms with Crippen molar-refractivity contribution < 1.29 is 18.8 Å². The van der Waals surface area contributed by atoms with Crippen LogP contribution in [0.1, 0.15) is 15.9 Å². The van der Waals surface area contributed by atoms with Crippen LogP contribution in [0.3, 0.4) is 0 Å². The van der Waals surface area contributed by atoms with E-state index in [0.717, 1.165) is 16.9 Å². The maximum Gasteiger partial charge on any atom is 0.274 e. The molecule has 3 aromatic rings. The van der Waals surface area contributed by atoms with Gasteiger partial charge in [0.25, 0.3) is 5.91 Å². The van der Waals surface area contributed by atoms with E-state index in [1.165, 1.54) is 17.9 Å². The largest absolute Gasteiger partial charge is 0.288 e. The van der Waals surface area contributed by atoms with Gasteiger partial charge in [-0.2, -0.15) is 4.80 Å². The number of hydrogen-bond donors (Lipinski definition) is 2. The molecule has 11 heteroatoms. The average molecular weight is 333 g/mol. The fourth-order valence-corrected chi connectivity index (χ4v) is 1.91. The zero-order valence-electron chi connectivity index (χ0n) is 11.9. The van der Waals surface area contributed by atoms with Gasteiger partial charge >= 0.3 is 0 Å². The first-order chi connectivity index (χ1) is 11.6. The number of amides is 1. The molecule has 2 N–H and O–H groups in total. The first-order valence-corrected chi connectivity index (χ1v) is 6.56. The number of hydrogen-bond acceptors (Lipinski definition) is 7. The molecule has 0 unspecified atom stereocenters. The Labute approximate surface area is 132 Å². The predicted molar refractivity (Wildman–Crippen MR) is 73.6 cm³/mol. The number of tetrazole rings is 1. The Morgan fingerprint density at radius 3 is 2.46 bits per heavy atom. The number of hydroxylamine groups is 1. The van der Waals surface area contributed by atoms with E-state index in [-0.39, 0.29) is 29.3 Å². The molecule has 2 aromatic heterocycles. The fraction of sp³-hybridized carbons (Fsp3) is 0.0769. The molecule has 0 aliphatic rings. The Morgan fingerprint density at radius 1 is 1.17 bits per heavy atom. The third-order valence-corrected chi connectivity index (χ3v) is 3.02. The van der Waals surface area contributed by atoms with E-state index in [9.17, 15) is 13.6 Å². The number of halogens is 2. The molecule has 0 radical (unpaired) electrons. The van der Waals surface area contributed by atoms with Gasteiger partial charge < -0.3 is 0 Å². The molecule has 3 rings (SSSR count). The Kier molecular flexibility index (Phi) is 4.16. The molecule has 0 spiro atoms. The van der Waals surface area contributed by atoms with Crippen LogP contribution < -0.4 is 5.48 Å². The average Bonchev–Trinajstić information content (AvgIpc) is 3.06. The van der Waals surface area contributed by atoms with Crippen molar-refractivity contribution in [2.75, 3.05) is 0 Å². The third kappa shape index (κ3) is 3.05. The minimum atomic E-state index is -1.03. The minimum Gasteiger partial charge on any atom is -0.288 e. The molecule has 0 aliphatic carbocycles. The van der Waals surface area contributed by atoms with Gasteiger partial charge in [0.05, 0.1) is 6.54 Å². The Morgan fingerprint density at radius 2 is 1.83 bits per heavy atom. The molecule has 0 aliphatic heterocycles. The highest BCUT2D eigenvalue weighted by atomic mass is 19.1. The predicted octanol–water partition coefficient (Wildman–Crippen LogP) is 0.576. The molecule has 0 saturated heterocycles. The first kappa shape index (κ1) is 15.6. The SMILES string of the molecule is O=C(NO)c1cc(F)c(Cn2nnc(-c3ncccn3)n2)c(F)c1. The summed E-state index contributed by atoms with van der Waals surface area (Å²) < 4.78 is 28.0. The standard InChI is InChI=1S/C13H9F2N7O2/c14-9-4-7(13(23)20-24)5-10(15)8(9)6-22-19-12(18-21-22)11-16-2-1-3-17-11/h1-5,24H,6H2,(H,20,23). The molecule has 0 fully saturated rings. The van der Waals surface area contributed by atoms with Gasteiger partial charge in [0.1, 0.15) is 11.6 Å². The Bertz CT molecular complexity index is 862. The molecule has 2 heterocycles. The third-order valence-electron chi connectivity index (χ3n) is 3.02. The van der Waals surface area contributed by atoms with Crippen LogP contribution in [0, 0.1) is 11.6 Å². The maximum atomic E-state index is 14.0. The highest BCUT2D eigenvalue weighted by Gasteiger charge is 2.17. The monoisotopic (exact) mass is 333 g/mol. The Balaban J connectivity index is 1.87. The molecule has 24 heavy (non-hydrogen) atoms. The molecule has 9 nitrogen and oxygen atoms in total. The summed E-state index contributed by atoms with van der Waals surface area (Å²) in [5.41, 5.74) is 0.581. The van der Waals surface area contributed by atoms with Crippen LogP contribution in [0.2, 0.25) is 0 Å². The van der Waals surface area contributed by atoms with E-state index < -0.39 is 17.5 Å². The summed E-state index contributed by atoms with van der Waals surface area (Å²) in [6.07, 6.45) is 2.99. The highest BCUT2D eigenvalue weighted by molar-refractivity contribution is 5.93. The lowest BCUT2D eigenvalue weighted by atomic mass is 10.1. The molecule has 0 atom stereocenters. The van der Waals surface area contributed by atoms with E-state index in [4.69, 9.17) is 5.21 Å². The van der Waals surface area contributed by atoms with Gasteiger partial charge in [-0.15, -0.1) is 10.2 Å². The van der Waals surface area contributed by atoms with Crippen molar-refractivity contribution in [3.8, 4) is 11.6 Å². The van der Waals surface area contributed by atoms with Crippen molar-refractivity contribution in [1.82, 2.24) is 35.7 Å². The lowest BCUT2D eigenvalue weighted by molar-refractivity contribution is 0.0705. The van der Waals surface area contributed by atoms with E-state index in [2.05, 4.69) is 25.4 Å². The van der Waals surface area contributed by atoms with E-state index in [0.29, 0.717) is 0 Å². The van der Waals surface area contributed by atoms with Crippen LogP contribution in [0.4, 0.5) is 8.78 Å². The van der Waals surface area contributed by atoms with Crippen LogP contribution in [0.25, 0.3) is 11.6 Å². The lowest BCUT2D eigenvalue weighted by Crippen LogP contribution is -2.19. The fourth-order valence-electron chi connectivity index (χ4n) is 1.91. The van der Waals surface area contributed by atoms with Gasteiger partial charge in [0.15, 0.2) is 0 Å². The lowest BCUT2D eigenvalue weighted by Gasteiger charge is -2.06. The van der Waals surface area contributed by atoms with Crippen molar-refractivity contribution in [3.05, 3.63) is 53.4 Å². The number of carbonyl (C=O) groups excluding carboxylic acids is 1. The topological polar surface area (TPSA) is 119 Å². The van der Waals surface area contributed by atoms with Crippen molar-refractivity contribution >= 4 is 5.91 Å². The van der Waals surface area contributed by atoms with E-state index in [1.807, 2.05) is 0 Å². The number of carbonyl (C=O) groups is 1. The second-order valence-corrected chi connectivity index (χ2v) is 4.58. The van der Waals surface area contributed by atoms with Crippen molar-refractivity contribution in [2.45, 2.75) is 6.54 Å². The second-order valence-electron chi connectivity index (χ2n) is 4.58. The number of nitrogens with zero attached hydrogens (tertiary/aromatic N) is 6. The zero-order chi connectivity index (χ0) is 17.1. The maximum absolute atomic E-state index is 14.0. The molecule has 0 bridgehead atoms. The molecular weight excluding hydrogens is 324 g/mol. The number of aromatic nitrogens is 6. The molecule has 1 amide bonds. The van der Waals surface area contributed by atoms with Crippen molar-refractivity contribution in [3.63, 3.8) is 0 Å². The highest BCUT2D eigenvalue weighted by Crippen LogP contribution is 2.17. The summed E-state index contributed by atoms with van der Waals surface area (Å²) in [5.74, 6) is -2.67. The van der Waals surface area contributed by atoms with Gasteiger partial charge in [-0.05, 0) is 23.4 Å². The van der Waals surface area contributed by atoms with Gasteiger partial charge in [-0.1, -0.05) is 0 Å². The summed E-state index contributed by atoms with van der Waals surface area (Å²) in [4.78, 5) is 20.0. The Hall–Kier alpha value is -3.34. The second kappa shape index (κ2) is 6.42. The minimum absolute atomic E-state index is 0.104. The summed E-state index contributed by atoms with van der Waals surface area (Å²) in [7, 11) is 0. The summed E-state index contributed by atoms with van der Waals surface area (Å²) in [6.45, 7) is -0.349. The zero-order valence-corrected chi connectivity index (χ0v) is 11.9. The van der Waals surface area contributed by atoms with Gasteiger partial charge in [0.2, 0.25) is 11.6 Å². The molecule has 122 valence electrons. The van der Waals surface area contributed by atoms with Gasteiger partial charge in [-0.25, -0.2) is 24.2 Å². The number of rotatable bonds is 4. The van der Waals surface area contributed by atoms with Crippen LogP contribution in [0.5, 0.6) is 0 Å². The van der Waals surface area contributed by atoms with Gasteiger partial charge in [0, 0.05) is 23.5 Å². The van der Waals surface area contributed by atoms with Gasteiger partial charge in [-0.3, -0.25) is 10.0 Å². The number of nitrogens with one attached hydrogen (secondary N) is 1. The smallest absolute Gasteiger partial charge is 0.274 e. The van der Waals surface area contributed by atoms with Crippen LogP contribution in [-0.2, 0) is 6.54 Å². The first-order valence-electron chi connectivity index (χ1n) is 6.56. The quantitative estimate of drug-likeness (QED) is 0.529. The molecule has 0 saturated carbocycles.